The minimum Gasteiger partial charge on any atom is -0.455 e. The summed E-state index contributed by atoms with van der Waals surface area (Å²) in [4.78, 5) is 19.0. The lowest BCUT2D eigenvalue weighted by atomic mass is 10.2. The molecule has 0 aliphatic heterocycles. The summed E-state index contributed by atoms with van der Waals surface area (Å²) in [6.45, 7) is -0.259. The first kappa shape index (κ1) is 17.8. The van der Waals surface area contributed by atoms with E-state index in [0.717, 1.165) is 0 Å². The van der Waals surface area contributed by atoms with Crippen molar-refractivity contribution in [1.82, 2.24) is 15.2 Å². The molecule has 4 aromatic rings. The average Bonchev–Trinajstić information content (AvgIpc) is 3.12. The SMILES string of the molecule is O=C(COn1nnc2ccccc21)Nc1cc(Cl)ccc1Oc1ccccc1. The van der Waals surface area contributed by atoms with Gasteiger partial charge in [-0.15, -0.1) is 5.10 Å². The van der Waals surface area contributed by atoms with Gasteiger partial charge < -0.3 is 14.9 Å². The Labute approximate surface area is 165 Å². The number of fused-ring (bicyclic) bond motifs is 1. The molecule has 0 aliphatic rings. The van der Waals surface area contributed by atoms with E-state index in [1.165, 1.54) is 4.85 Å². The maximum Gasteiger partial charge on any atom is 0.265 e. The number of nitrogens with one attached hydrogen (secondary N) is 1. The van der Waals surface area contributed by atoms with Gasteiger partial charge in [0.25, 0.3) is 5.91 Å². The molecule has 0 spiro atoms. The van der Waals surface area contributed by atoms with Crippen molar-refractivity contribution >= 4 is 34.2 Å². The maximum absolute atomic E-state index is 12.4. The highest BCUT2D eigenvalue weighted by atomic mass is 35.5. The molecule has 0 unspecified atom stereocenters. The van der Waals surface area contributed by atoms with Gasteiger partial charge in [-0.25, -0.2) is 0 Å². The summed E-state index contributed by atoms with van der Waals surface area (Å²) < 4.78 is 5.83. The van der Waals surface area contributed by atoms with Crippen molar-refractivity contribution in [2.24, 2.45) is 0 Å². The summed E-state index contributed by atoms with van der Waals surface area (Å²) >= 11 is 6.07. The van der Waals surface area contributed by atoms with Gasteiger partial charge in [0.05, 0.1) is 5.69 Å². The molecule has 1 N–H and O–H groups in total. The van der Waals surface area contributed by atoms with Gasteiger partial charge in [-0.2, -0.15) is 0 Å². The number of benzene rings is 3. The van der Waals surface area contributed by atoms with Gasteiger partial charge in [0.2, 0.25) is 0 Å². The molecule has 28 heavy (non-hydrogen) atoms. The number of ether oxygens (including phenoxy) is 1. The Morgan fingerprint density at radius 1 is 1.04 bits per heavy atom. The van der Waals surface area contributed by atoms with Crippen molar-refractivity contribution in [3.05, 3.63) is 77.8 Å². The topological polar surface area (TPSA) is 78.3 Å². The van der Waals surface area contributed by atoms with Crippen molar-refractivity contribution in [2.75, 3.05) is 11.9 Å². The van der Waals surface area contributed by atoms with Crippen molar-refractivity contribution in [3.8, 4) is 11.5 Å². The second kappa shape index (κ2) is 7.98. The Morgan fingerprint density at radius 2 is 1.82 bits per heavy atom. The van der Waals surface area contributed by atoms with Crippen LogP contribution >= 0.6 is 11.6 Å². The van der Waals surface area contributed by atoms with E-state index in [4.69, 9.17) is 21.2 Å². The fourth-order valence-corrected chi connectivity index (χ4v) is 2.73. The number of hydrogen-bond donors (Lipinski definition) is 1. The first-order valence-electron chi connectivity index (χ1n) is 8.45. The number of hydrogen-bond acceptors (Lipinski definition) is 5. The average molecular weight is 395 g/mol. The van der Waals surface area contributed by atoms with E-state index in [1.54, 1.807) is 30.3 Å². The number of aromatic nitrogens is 3. The smallest absolute Gasteiger partial charge is 0.265 e. The van der Waals surface area contributed by atoms with Crippen molar-refractivity contribution in [2.45, 2.75) is 0 Å². The van der Waals surface area contributed by atoms with Gasteiger partial charge in [-0.1, -0.05) is 46.8 Å². The van der Waals surface area contributed by atoms with Gasteiger partial charge in [-0.05, 0) is 47.7 Å². The van der Waals surface area contributed by atoms with Crippen molar-refractivity contribution < 1.29 is 14.4 Å². The lowest BCUT2D eigenvalue weighted by molar-refractivity contribution is -0.121. The summed E-state index contributed by atoms with van der Waals surface area (Å²) in [5, 5.41) is 11.1. The lowest BCUT2D eigenvalue weighted by Gasteiger charge is -2.13. The second-order valence-electron chi connectivity index (χ2n) is 5.83. The zero-order chi connectivity index (χ0) is 19.3. The number of carbonyl (C=O) groups excluding carboxylic acids is 1. The molecule has 7 nitrogen and oxygen atoms in total. The van der Waals surface area contributed by atoms with Crippen LogP contribution in [0.4, 0.5) is 5.69 Å². The van der Waals surface area contributed by atoms with E-state index in [1.807, 2.05) is 42.5 Å². The predicted molar refractivity (Wildman–Crippen MR) is 106 cm³/mol. The molecule has 0 saturated carbocycles. The van der Waals surface area contributed by atoms with Crippen LogP contribution in [0.2, 0.25) is 5.02 Å². The van der Waals surface area contributed by atoms with Crippen LogP contribution in [0.25, 0.3) is 11.0 Å². The Morgan fingerprint density at radius 3 is 2.68 bits per heavy atom. The normalized spacial score (nSPS) is 10.6. The predicted octanol–water partition coefficient (Wildman–Crippen LogP) is 3.94. The molecular weight excluding hydrogens is 380 g/mol. The molecule has 0 saturated heterocycles. The van der Waals surface area contributed by atoms with E-state index < -0.39 is 0 Å². The van der Waals surface area contributed by atoms with E-state index in [0.29, 0.717) is 33.2 Å². The molecule has 0 atom stereocenters. The number of rotatable bonds is 6. The summed E-state index contributed by atoms with van der Waals surface area (Å²) in [5.41, 5.74) is 1.79. The highest BCUT2D eigenvalue weighted by Crippen LogP contribution is 2.31. The Hall–Kier alpha value is -3.58. The van der Waals surface area contributed by atoms with Crippen LogP contribution in [0.5, 0.6) is 11.5 Å². The third-order valence-corrected chi connectivity index (χ3v) is 4.06. The molecule has 1 aromatic heterocycles. The van der Waals surface area contributed by atoms with E-state index in [9.17, 15) is 4.79 Å². The molecule has 0 bridgehead atoms. The van der Waals surface area contributed by atoms with Crippen LogP contribution < -0.4 is 14.9 Å². The molecule has 1 amide bonds. The van der Waals surface area contributed by atoms with Gasteiger partial charge in [-0.3, -0.25) is 4.79 Å². The quantitative estimate of drug-likeness (QED) is 0.535. The molecule has 1 heterocycles. The minimum absolute atomic E-state index is 0.259. The van der Waals surface area contributed by atoms with Crippen LogP contribution in [0.1, 0.15) is 0 Å². The van der Waals surface area contributed by atoms with Gasteiger partial charge in [0.15, 0.2) is 12.4 Å². The number of nitrogens with zero attached hydrogens (tertiary/aromatic N) is 3. The Balaban J connectivity index is 1.46. The Bertz CT molecular complexity index is 1110. The zero-order valence-corrected chi connectivity index (χ0v) is 15.3. The summed E-state index contributed by atoms with van der Waals surface area (Å²) in [5.74, 6) is 0.723. The molecule has 0 fully saturated rings. The lowest BCUT2D eigenvalue weighted by Crippen LogP contribution is -2.26. The number of halogens is 1. The molecule has 3 aromatic carbocycles. The Kier molecular flexibility index (Phi) is 5.07. The van der Waals surface area contributed by atoms with Crippen LogP contribution in [-0.2, 0) is 4.79 Å². The van der Waals surface area contributed by atoms with Gasteiger partial charge in [0, 0.05) is 5.02 Å². The van der Waals surface area contributed by atoms with Gasteiger partial charge in [0.1, 0.15) is 16.8 Å². The van der Waals surface area contributed by atoms with Crippen molar-refractivity contribution in [3.63, 3.8) is 0 Å². The number of amides is 1. The highest BCUT2D eigenvalue weighted by Gasteiger charge is 2.12. The largest absolute Gasteiger partial charge is 0.455 e. The monoisotopic (exact) mass is 394 g/mol. The third-order valence-electron chi connectivity index (χ3n) is 3.83. The summed E-state index contributed by atoms with van der Waals surface area (Å²) in [6, 6.07) is 21.5. The van der Waals surface area contributed by atoms with Crippen molar-refractivity contribution in [1.29, 1.82) is 0 Å². The van der Waals surface area contributed by atoms with Crippen LogP contribution in [0, 0.1) is 0 Å². The first-order valence-corrected chi connectivity index (χ1v) is 8.83. The number of para-hydroxylation sites is 2. The fourth-order valence-electron chi connectivity index (χ4n) is 2.55. The summed E-state index contributed by atoms with van der Waals surface area (Å²) in [6.07, 6.45) is 0. The second-order valence-corrected chi connectivity index (χ2v) is 6.26. The fraction of sp³-hybridized carbons (Fsp3) is 0.0500. The van der Waals surface area contributed by atoms with Crippen LogP contribution in [0.15, 0.2) is 72.8 Å². The third kappa shape index (κ3) is 4.05. The van der Waals surface area contributed by atoms with Crippen LogP contribution in [0.3, 0.4) is 0 Å². The zero-order valence-electron chi connectivity index (χ0n) is 14.6. The molecule has 140 valence electrons. The summed E-state index contributed by atoms with van der Waals surface area (Å²) in [7, 11) is 0. The molecular formula is C20H15ClN4O3. The molecule has 0 aliphatic carbocycles. The number of carbonyl (C=O) groups is 1. The standard InChI is InChI=1S/C20H15ClN4O3/c21-14-10-11-19(28-15-6-2-1-3-7-15)17(12-14)22-20(26)13-27-25-18-9-5-4-8-16(18)23-24-25/h1-12H,13H2,(H,22,26). The van der Waals surface area contributed by atoms with Gasteiger partial charge >= 0.3 is 0 Å². The highest BCUT2D eigenvalue weighted by molar-refractivity contribution is 6.31. The molecule has 8 heteroatoms. The van der Waals surface area contributed by atoms with Crippen LogP contribution in [-0.4, -0.2) is 27.7 Å². The van der Waals surface area contributed by atoms with E-state index in [-0.39, 0.29) is 12.5 Å². The minimum atomic E-state index is -0.389. The molecule has 0 radical (unpaired) electrons. The number of anilines is 1. The maximum atomic E-state index is 12.4. The first-order chi connectivity index (χ1) is 13.7. The molecule has 4 rings (SSSR count). The van der Waals surface area contributed by atoms with E-state index >= 15 is 0 Å². The van der Waals surface area contributed by atoms with E-state index in [2.05, 4.69) is 15.6 Å².